The Bertz CT molecular complexity index is 271. The third-order valence-electron chi connectivity index (χ3n) is 4.25. The summed E-state index contributed by atoms with van der Waals surface area (Å²) in [5.74, 6) is 0.00376. The summed E-state index contributed by atoms with van der Waals surface area (Å²) in [6, 6.07) is 0. The molecule has 23 heavy (non-hydrogen) atoms. The Morgan fingerprint density at radius 1 is 0.783 bits per heavy atom. The molecule has 0 bridgehead atoms. The van der Waals surface area contributed by atoms with Gasteiger partial charge in [0.05, 0.1) is 6.61 Å². The normalized spacial score (nSPS) is 11.2. The van der Waals surface area contributed by atoms with Crippen LogP contribution in [0.2, 0.25) is 0 Å². The summed E-state index contributed by atoms with van der Waals surface area (Å²) in [6.07, 6.45) is 22.3. The fraction of sp³-hybridized carbons (Fsp3) is 0.857. The Morgan fingerprint density at radius 2 is 1.35 bits per heavy atom. The van der Waals surface area contributed by atoms with E-state index in [0.717, 1.165) is 19.3 Å². The van der Waals surface area contributed by atoms with Crippen LogP contribution in [0.1, 0.15) is 110 Å². The van der Waals surface area contributed by atoms with Crippen LogP contribution >= 0.6 is 0 Å². The minimum atomic E-state index is 0.00376. The molecule has 0 aliphatic heterocycles. The third kappa shape index (κ3) is 19.2. The van der Waals surface area contributed by atoms with Crippen LogP contribution in [0.15, 0.2) is 12.2 Å². The fourth-order valence-electron chi connectivity index (χ4n) is 2.72. The molecule has 0 atom stereocenters. The molecule has 0 aliphatic rings. The predicted molar refractivity (Wildman–Crippen MR) is 101 cm³/mol. The molecular formula is C21H40O2. The van der Waals surface area contributed by atoms with Crippen molar-refractivity contribution in [2.75, 3.05) is 6.61 Å². The number of hydrogen-bond donors (Lipinski definition) is 0. The van der Waals surface area contributed by atoms with Crippen LogP contribution in [-0.2, 0) is 9.53 Å². The maximum absolute atomic E-state index is 11.6. The lowest BCUT2D eigenvalue weighted by molar-refractivity contribution is -0.143. The molecule has 0 heterocycles. The summed E-state index contributed by atoms with van der Waals surface area (Å²) in [7, 11) is 0. The van der Waals surface area contributed by atoms with Crippen LogP contribution in [0.25, 0.3) is 0 Å². The summed E-state index contributed by atoms with van der Waals surface area (Å²) in [4.78, 5) is 11.6. The molecule has 0 aliphatic carbocycles. The monoisotopic (exact) mass is 324 g/mol. The SMILES string of the molecule is C/C=C/CCCCCCCCC(=O)OCCCCCCCCC. The Labute approximate surface area is 145 Å². The van der Waals surface area contributed by atoms with Crippen LogP contribution in [-0.4, -0.2) is 12.6 Å². The van der Waals surface area contributed by atoms with E-state index in [9.17, 15) is 4.79 Å². The van der Waals surface area contributed by atoms with Crippen LogP contribution in [0.5, 0.6) is 0 Å². The average Bonchev–Trinajstić information content (AvgIpc) is 2.56. The van der Waals surface area contributed by atoms with Gasteiger partial charge in [-0.25, -0.2) is 0 Å². The van der Waals surface area contributed by atoms with E-state index in [1.807, 2.05) is 0 Å². The van der Waals surface area contributed by atoms with Crippen molar-refractivity contribution < 1.29 is 9.53 Å². The highest BCUT2D eigenvalue weighted by Gasteiger charge is 2.02. The summed E-state index contributed by atoms with van der Waals surface area (Å²) in [6.45, 7) is 4.94. The quantitative estimate of drug-likeness (QED) is 0.164. The lowest BCUT2D eigenvalue weighted by Crippen LogP contribution is -2.05. The Morgan fingerprint density at radius 3 is 2.00 bits per heavy atom. The Hall–Kier alpha value is -0.790. The highest BCUT2D eigenvalue weighted by molar-refractivity contribution is 5.69. The molecule has 0 N–H and O–H groups in total. The zero-order valence-corrected chi connectivity index (χ0v) is 15.8. The minimum absolute atomic E-state index is 0.00376. The molecule has 0 saturated carbocycles. The molecule has 2 heteroatoms. The summed E-state index contributed by atoms with van der Waals surface area (Å²) in [5.41, 5.74) is 0. The smallest absolute Gasteiger partial charge is 0.305 e. The van der Waals surface area contributed by atoms with E-state index in [-0.39, 0.29) is 5.97 Å². The molecule has 0 rings (SSSR count). The van der Waals surface area contributed by atoms with Gasteiger partial charge in [-0.1, -0.05) is 83.3 Å². The number of carbonyl (C=O) groups is 1. The van der Waals surface area contributed by atoms with Crippen LogP contribution < -0.4 is 0 Å². The number of unbranched alkanes of at least 4 members (excludes halogenated alkanes) is 12. The first kappa shape index (κ1) is 22.2. The molecular weight excluding hydrogens is 284 g/mol. The van der Waals surface area contributed by atoms with Crippen molar-refractivity contribution in [3.8, 4) is 0 Å². The van der Waals surface area contributed by atoms with Crippen molar-refractivity contribution in [1.82, 2.24) is 0 Å². The maximum Gasteiger partial charge on any atom is 0.305 e. The lowest BCUT2D eigenvalue weighted by Gasteiger charge is -2.05. The van der Waals surface area contributed by atoms with E-state index in [0.29, 0.717) is 13.0 Å². The van der Waals surface area contributed by atoms with E-state index in [1.165, 1.54) is 70.6 Å². The highest BCUT2D eigenvalue weighted by Crippen LogP contribution is 2.10. The summed E-state index contributed by atoms with van der Waals surface area (Å²) >= 11 is 0. The molecule has 0 fully saturated rings. The van der Waals surface area contributed by atoms with Crippen molar-refractivity contribution in [2.45, 2.75) is 110 Å². The van der Waals surface area contributed by atoms with Gasteiger partial charge in [0.1, 0.15) is 0 Å². The van der Waals surface area contributed by atoms with Gasteiger partial charge in [0, 0.05) is 6.42 Å². The van der Waals surface area contributed by atoms with Gasteiger partial charge in [0.15, 0.2) is 0 Å². The van der Waals surface area contributed by atoms with Crippen molar-refractivity contribution in [3.05, 3.63) is 12.2 Å². The number of esters is 1. The van der Waals surface area contributed by atoms with E-state index in [1.54, 1.807) is 0 Å². The van der Waals surface area contributed by atoms with E-state index in [4.69, 9.17) is 4.74 Å². The van der Waals surface area contributed by atoms with Gasteiger partial charge in [-0.3, -0.25) is 4.79 Å². The van der Waals surface area contributed by atoms with Gasteiger partial charge in [-0.2, -0.15) is 0 Å². The zero-order valence-electron chi connectivity index (χ0n) is 15.8. The first-order valence-corrected chi connectivity index (χ1v) is 10.1. The molecule has 0 amide bonds. The highest BCUT2D eigenvalue weighted by atomic mass is 16.5. The van der Waals surface area contributed by atoms with Gasteiger partial charge < -0.3 is 4.74 Å². The van der Waals surface area contributed by atoms with Crippen molar-refractivity contribution >= 4 is 5.97 Å². The van der Waals surface area contributed by atoms with Gasteiger partial charge in [-0.05, 0) is 32.6 Å². The number of hydrogen-bond acceptors (Lipinski definition) is 2. The maximum atomic E-state index is 11.6. The first-order chi connectivity index (χ1) is 11.3. The van der Waals surface area contributed by atoms with E-state index < -0.39 is 0 Å². The van der Waals surface area contributed by atoms with Gasteiger partial charge in [0.25, 0.3) is 0 Å². The molecule has 136 valence electrons. The average molecular weight is 325 g/mol. The molecule has 0 aromatic carbocycles. The second-order valence-corrected chi connectivity index (χ2v) is 6.57. The topological polar surface area (TPSA) is 26.3 Å². The second kappa shape index (κ2) is 19.3. The van der Waals surface area contributed by atoms with E-state index in [2.05, 4.69) is 26.0 Å². The van der Waals surface area contributed by atoms with Gasteiger partial charge in [-0.15, -0.1) is 0 Å². The molecule has 0 aromatic rings. The standard InChI is InChI=1S/C21H40O2/c1-3-5-7-9-11-12-13-15-17-19-21(22)23-20-18-16-14-10-8-6-4-2/h3,5H,4,6-20H2,1-2H3/b5-3+. The number of carbonyl (C=O) groups excluding carboxylic acids is 1. The second-order valence-electron chi connectivity index (χ2n) is 6.57. The van der Waals surface area contributed by atoms with Crippen LogP contribution in [0, 0.1) is 0 Å². The van der Waals surface area contributed by atoms with Crippen LogP contribution in [0.3, 0.4) is 0 Å². The van der Waals surface area contributed by atoms with Crippen molar-refractivity contribution in [3.63, 3.8) is 0 Å². The minimum Gasteiger partial charge on any atom is -0.466 e. The first-order valence-electron chi connectivity index (χ1n) is 10.1. The molecule has 0 unspecified atom stereocenters. The van der Waals surface area contributed by atoms with Crippen molar-refractivity contribution in [2.24, 2.45) is 0 Å². The molecule has 0 saturated heterocycles. The van der Waals surface area contributed by atoms with Crippen LogP contribution in [0.4, 0.5) is 0 Å². The Kier molecular flexibility index (Phi) is 18.6. The molecule has 0 radical (unpaired) electrons. The summed E-state index contributed by atoms with van der Waals surface area (Å²) < 4.78 is 5.30. The van der Waals surface area contributed by atoms with Gasteiger partial charge >= 0.3 is 5.97 Å². The predicted octanol–water partition coefficient (Wildman–Crippen LogP) is 6.98. The Balaban J connectivity index is 3.16. The summed E-state index contributed by atoms with van der Waals surface area (Å²) in [5, 5.41) is 0. The number of rotatable bonds is 17. The lowest BCUT2D eigenvalue weighted by atomic mass is 10.1. The van der Waals surface area contributed by atoms with Gasteiger partial charge in [0.2, 0.25) is 0 Å². The zero-order chi connectivity index (χ0) is 17.0. The molecule has 0 spiro atoms. The largest absolute Gasteiger partial charge is 0.466 e. The molecule has 2 nitrogen and oxygen atoms in total. The molecule has 0 aromatic heterocycles. The van der Waals surface area contributed by atoms with E-state index >= 15 is 0 Å². The third-order valence-corrected chi connectivity index (χ3v) is 4.25. The van der Waals surface area contributed by atoms with Crippen molar-refractivity contribution in [1.29, 1.82) is 0 Å². The number of ether oxygens (including phenoxy) is 1. The fourth-order valence-corrected chi connectivity index (χ4v) is 2.72. The number of allylic oxidation sites excluding steroid dienone is 2.